The summed E-state index contributed by atoms with van der Waals surface area (Å²) in [5, 5.41) is 12.1. The van der Waals surface area contributed by atoms with Crippen LogP contribution in [0.3, 0.4) is 0 Å². The monoisotopic (exact) mass is 448 g/mol. The van der Waals surface area contributed by atoms with E-state index in [0.717, 1.165) is 17.8 Å². The zero-order valence-corrected chi connectivity index (χ0v) is 17.8. The van der Waals surface area contributed by atoms with Crippen molar-refractivity contribution in [3.63, 3.8) is 0 Å². The Morgan fingerprint density at radius 1 is 1.23 bits per heavy atom. The number of hydrogen-bond acceptors (Lipinski definition) is 8. The second-order valence-electron chi connectivity index (χ2n) is 6.69. The number of carbonyl (C=O) groups excluding carboxylic acids is 1. The second-order valence-corrected chi connectivity index (χ2v) is 9.75. The fraction of sp³-hybridized carbons (Fsp3) is 0.316. The number of anilines is 1. The molecule has 0 unspecified atom stereocenters. The van der Waals surface area contributed by atoms with Crippen LogP contribution in [0.1, 0.15) is 19.3 Å². The summed E-state index contributed by atoms with van der Waals surface area (Å²) in [4.78, 5) is 12.9. The number of methoxy groups -OCH3 is 1. The van der Waals surface area contributed by atoms with Crippen molar-refractivity contribution in [2.75, 3.05) is 19.0 Å². The smallest absolute Gasteiger partial charge is 0.322 e. The normalized spacial score (nSPS) is 17.6. The van der Waals surface area contributed by atoms with Gasteiger partial charge in [-0.1, -0.05) is 17.6 Å². The van der Waals surface area contributed by atoms with Gasteiger partial charge in [0.25, 0.3) is 10.0 Å². The SMILES string of the molecule is COc1ccc(-c2nnc(NC(=O)[C@H]3CCCCN3S(=O)(=O)c3cccs3)o2)cc1. The summed E-state index contributed by atoms with van der Waals surface area (Å²) >= 11 is 1.13. The molecule has 1 aromatic carbocycles. The summed E-state index contributed by atoms with van der Waals surface area (Å²) in [6.45, 7) is 0.291. The zero-order chi connectivity index (χ0) is 21.1. The Kier molecular flexibility index (Phi) is 5.84. The number of nitrogens with one attached hydrogen (secondary N) is 1. The van der Waals surface area contributed by atoms with Gasteiger partial charge in [-0.15, -0.1) is 16.4 Å². The average molecular weight is 449 g/mol. The third kappa shape index (κ3) is 4.09. The highest BCUT2D eigenvalue weighted by Gasteiger charge is 2.38. The number of thiophene rings is 1. The first-order valence-corrected chi connectivity index (χ1v) is 11.6. The van der Waals surface area contributed by atoms with Crippen molar-refractivity contribution in [1.82, 2.24) is 14.5 Å². The number of hydrogen-bond donors (Lipinski definition) is 1. The van der Waals surface area contributed by atoms with Crippen LogP contribution in [0, 0.1) is 0 Å². The molecule has 2 aromatic heterocycles. The van der Waals surface area contributed by atoms with Gasteiger partial charge < -0.3 is 9.15 Å². The number of sulfonamides is 1. The number of benzene rings is 1. The van der Waals surface area contributed by atoms with E-state index < -0.39 is 22.0 Å². The third-order valence-corrected chi connectivity index (χ3v) is 8.09. The molecule has 1 atom stereocenters. The molecule has 11 heteroatoms. The van der Waals surface area contributed by atoms with Gasteiger partial charge in [-0.2, -0.15) is 4.31 Å². The van der Waals surface area contributed by atoms with E-state index in [-0.39, 0.29) is 16.1 Å². The Balaban J connectivity index is 1.50. The topological polar surface area (TPSA) is 115 Å². The van der Waals surface area contributed by atoms with Gasteiger partial charge in [-0.05, 0) is 48.6 Å². The van der Waals surface area contributed by atoms with Crippen LogP contribution in [0.4, 0.5) is 6.01 Å². The summed E-state index contributed by atoms with van der Waals surface area (Å²) in [5.41, 5.74) is 0.670. The summed E-state index contributed by atoms with van der Waals surface area (Å²) in [5.74, 6) is 0.440. The Hall–Kier alpha value is -2.76. The van der Waals surface area contributed by atoms with Crippen LogP contribution in [0.15, 0.2) is 50.4 Å². The average Bonchev–Trinajstić information content (AvgIpc) is 3.47. The molecule has 1 saturated heterocycles. The van der Waals surface area contributed by atoms with Gasteiger partial charge >= 0.3 is 6.01 Å². The fourth-order valence-electron chi connectivity index (χ4n) is 3.29. The molecular formula is C19H20N4O5S2. The van der Waals surface area contributed by atoms with Crippen LogP contribution >= 0.6 is 11.3 Å². The van der Waals surface area contributed by atoms with Gasteiger partial charge in [0.15, 0.2) is 0 Å². The first-order valence-electron chi connectivity index (χ1n) is 9.33. The van der Waals surface area contributed by atoms with E-state index in [1.165, 1.54) is 4.31 Å². The van der Waals surface area contributed by atoms with Crippen molar-refractivity contribution >= 4 is 33.3 Å². The van der Waals surface area contributed by atoms with E-state index in [1.54, 1.807) is 48.9 Å². The molecule has 3 heterocycles. The lowest BCUT2D eigenvalue weighted by Gasteiger charge is -2.32. The van der Waals surface area contributed by atoms with Crippen molar-refractivity contribution in [3.05, 3.63) is 41.8 Å². The van der Waals surface area contributed by atoms with Crippen molar-refractivity contribution in [2.24, 2.45) is 0 Å². The summed E-state index contributed by atoms with van der Waals surface area (Å²) in [6.07, 6.45) is 1.89. The predicted molar refractivity (Wildman–Crippen MR) is 111 cm³/mol. The van der Waals surface area contributed by atoms with Crippen molar-refractivity contribution in [3.8, 4) is 17.2 Å². The Bertz CT molecular complexity index is 1110. The van der Waals surface area contributed by atoms with Crippen molar-refractivity contribution < 1.29 is 22.4 Å². The van der Waals surface area contributed by atoms with Crippen LogP contribution in [-0.4, -0.2) is 48.5 Å². The molecular weight excluding hydrogens is 428 g/mol. The van der Waals surface area contributed by atoms with E-state index in [9.17, 15) is 13.2 Å². The molecule has 0 spiro atoms. The van der Waals surface area contributed by atoms with E-state index in [4.69, 9.17) is 9.15 Å². The standard InChI is InChI=1S/C19H20N4O5S2/c1-27-14-9-7-13(8-10-14)18-21-22-19(28-18)20-17(24)15-5-2-3-11-23(15)30(25,26)16-6-4-12-29-16/h4,6-10,12,15H,2-3,5,11H2,1H3,(H,20,22,24)/t15-/m1/s1. The molecule has 1 fully saturated rings. The molecule has 1 amide bonds. The highest BCUT2D eigenvalue weighted by molar-refractivity contribution is 7.91. The molecule has 30 heavy (non-hydrogen) atoms. The molecule has 158 valence electrons. The maximum atomic E-state index is 13.0. The van der Waals surface area contributed by atoms with Gasteiger partial charge in [0.2, 0.25) is 11.8 Å². The van der Waals surface area contributed by atoms with E-state index in [0.29, 0.717) is 30.7 Å². The molecule has 1 N–H and O–H groups in total. The summed E-state index contributed by atoms with van der Waals surface area (Å²) < 4.78 is 38.0. The molecule has 3 aromatic rings. The van der Waals surface area contributed by atoms with Crippen LogP contribution in [0.5, 0.6) is 5.75 Å². The van der Waals surface area contributed by atoms with Gasteiger partial charge in [-0.25, -0.2) is 8.42 Å². The first kappa shape index (κ1) is 20.5. The second kappa shape index (κ2) is 8.54. The number of nitrogens with zero attached hydrogens (tertiary/aromatic N) is 3. The summed E-state index contributed by atoms with van der Waals surface area (Å²) in [6, 6.07) is 9.34. The molecule has 9 nitrogen and oxygen atoms in total. The number of ether oxygens (including phenoxy) is 1. The molecule has 4 rings (SSSR count). The minimum Gasteiger partial charge on any atom is -0.497 e. The highest BCUT2D eigenvalue weighted by Crippen LogP contribution is 2.29. The Labute approximate surface area is 177 Å². The third-order valence-electron chi connectivity index (χ3n) is 4.81. The minimum atomic E-state index is -3.74. The lowest BCUT2D eigenvalue weighted by Crippen LogP contribution is -2.49. The number of aromatic nitrogens is 2. The Morgan fingerprint density at radius 3 is 2.73 bits per heavy atom. The predicted octanol–water partition coefficient (Wildman–Crippen LogP) is 2.99. The quantitative estimate of drug-likeness (QED) is 0.616. The number of amides is 1. The van der Waals surface area contributed by atoms with Crippen LogP contribution < -0.4 is 10.1 Å². The van der Waals surface area contributed by atoms with Crippen LogP contribution in [0.25, 0.3) is 11.5 Å². The van der Waals surface area contributed by atoms with E-state index in [2.05, 4.69) is 15.5 Å². The minimum absolute atomic E-state index is 0.0788. The van der Waals surface area contributed by atoms with Crippen molar-refractivity contribution in [1.29, 1.82) is 0 Å². The van der Waals surface area contributed by atoms with Gasteiger partial charge in [0.1, 0.15) is 16.0 Å². The zero-order valence-electron chi connectivity index (χ0n) is 16.1. The number of carbonyl (C=O) groups is 1. The maximum absolute atomic E-state index is 13.0. The molecule has 0 radical (unpaired) electrons. The molecule has 0 bridgehead atoms. The first-order chi connectivity index (χ1) is 14.5. The van der Waals surface area contributed by atoms with Gasteiger partial charge in [-0.3, -0.25) is 10.1 Å². The van der Waals surface area contributed by atoms with Crippen LogP contribution in [0.2, 0.25) is 0 Å². The number of piperidine rings is 1. The number of rotatable bonds is 6. The summed E-state index contributed by atoms with van der Waals surface area (Å²) in [7, 11) is -2.17. The fourth-order valence-corrected chi connectivity index (χ4v) is 6.07. The maximum Gasteiger partial charge on any atom is 0.322 e. The largest absolute Gasteiger partial charge is 0.497 e. The van der Waals surface area contributed by atoms with Crippen LogP contribution in [-0.2, 0) is 14.8 Å². The molecule has 1 aliphatic rings. The molecule has 1 aliphatic heterocycles. The van der Waals surface area contributed by atoms with Crippen molar-refractivity contribution in [2.45, 2.75) is 29.5 Å². The molecule has 0 saturated carbocycles. The van der Waals surface area contributed by atoms with Gasteiger partial charge in [0, 0.05) is 12.1 Å². The highest BCUT2D eigenvalue weighted by atomic mass is 32.2. The lowest BCUT2D eigenvalue weighted by molar-refractivity contribution is -0.120. The Morgan fingerprint density at radius 2 is 2.03 bits per heavy atom. The van der Waals surface area contributed by atoms with Gasteiger partial charge in [0.05, 0.1) is 7.11 Å². The van der Waals surface area contributed by atoms with E-state index >= 15 is 0 Å². The lowest BCUT2D eigenvalue weighted by atomic mass is 10.0. The van der Waals surface area contributed by atoms with E-state index in [1.807, 2.05) is 0 Å². The molecule has 0 aliphatic carbocycles.